The number of ether oxygens (including phenoxy) is 2. The van der Waals surface area contributed by atoms with Gasteiger partial charge in [-0.15, -0.1) is 11.6 Å². The van der Waals surface area contributed by atoms with E-state index in [0.717, 1.165) is 0 Å². The van der Waals surface area contributed by atoms with Crippen molar-refractivity contribution in [2.75, 3.05) is 40.5 Å². The Hall–Kier alpha value is -0.600. The highest BCUT2D eigenvalue weighted by molar-refractivity contribution is 7.89. The van der Waals surface area contributed by atoms with E-state index >= 15 is 0 Å². The van der Waals surface area contributed by atoms with Crippen LogP contribution in [0.5, 0.6) is 0 Å². The van der Waals surface area contributed by atoms with Crippen LogP contribution in [0.25, 0.3) is 0 Å². The fourth-order valence-corrected chi connectivity index (χ4v) is 3.45. The van der Waals surface area contributed by atoms with Crippen molar-refractivity contribution in [1.82, 2.24) is 4.31 Å². The maximum Gasteiger partial charge on any atom is 0.246 e. The molecule has 0 unspecified atom stereocenters. The minimum Gasteiger partial charge on any atom is -0.464 e. The third-order valence-corrected chi connectivity index (χ3v) is 5.03. The second kappa shape index (κ2) is 7.99. The van der Waals surface area contributed by atoms with Crippen LogP contribution in [-0.4, -0.2) is 53.2 Å². The molecule has 0 saturated heterocycles. The van der Waals surface area contributed by atoms with Gasteiger partial charge in [-0.1, -0.05) is 0 Å². The van der Waals surface area contributed by atoms with E-state index in [9.17, 15) is 8.42 Å². The minimum atomic E-state index is -3.64. The number of methoxy groups -OCH3 is 2. The van der Waals surface area contributed by atoms with Crippen molar-refractivity contribution in [3.8, 4) is 0 Å². The molecule has 0 spiro atoms. The molecule has 0 N–H and O–H groups in total. The molecule has 1 aromatic rings. The topological polar surface area (TPSA) is 69.0 Å². The number of hydrogen-bond acceptors (Lipinski definition) is 5. The number of halogens is 1. The lowest BCUT2D eigenvalue weighted by molar-refractivity contribution is 0.150. The molecule has 1 rings (SSSR count). The quantitative estimate of drug-likeness (QED) is 0.645. The van der Waals surface area contributed by atoms with Gasteiger partial charge in [-0.2, -0.15) is 4.31 Å². The maximum atomic E-state index is 12.6. The Morgan fingerprint density at radius 3 is 2.20 bits per heavy atom. The molecule has 6 nitrogen and oxygen atoms in total. The van der Waals surface area contributed by atoms with Crippen molar-refractivity contribution in [3.63, 3.8) is 0 Å². The molecule has 0 aliphatic carbocycles. The summed E-state index contributed by atoms with van der Waals surface area (Å²) in [5, 5.41) is 0. The van der Waals surface area contributed by atoms with E-state index in [2.05, 4.69) is 0 Å². The van der Waals surface area contributed by atoms with Gasteiger partial charge in [0.25, 0.3) is 0 Å². The smallest absolute Gasteiger partial charge is 0.246 e. The average Bonchev–Trinajstić information content (AvgIpc) is 2.80. The summed E-state index contributed by atoms with van der Waals surface area (Å²) in [6.45, 7) is 2.73. The molecule has 0 amide bonds. The third-order valence-electron chi connectivity index (χ3n) is 2.76. The normalized spacial score (nSPS) is 12.2. The van der Waals surface area contributed by atoms with Crippen LogP contribution in [0.2, 0.25) is 0 Å². The fourth-order valence-electron chi connectivity index (χ4n) is 1.72. The van der Waals surface area contributed by atoms with Crippen LogP contribution < -0.4 is 0 Å². The highest BCUT2D eigenvalue weighted by atomic mass is 35.5. The van der Waals surface area contributed by atoms with Crippen LogP contribution in [0, 0.1) is 6.92 Å². The van der Waals surface area contributed by atoms with Crippen molar-refractivity contribution in [2.45, 2.75) is 17.7 Å². The lowest BCUT2D eigenvalue weighted by atomic mass is 10.4. The standard InChI is InChI=1S/C12H20ClNO5S/c1-10-12(8-11(9-13)19-10)20(15,16)14(4-6-17-2)5-7-18-3/h8H,4-7,9H2,1-3H3. The molecular formula is C12H20ClNO5S. The van der Waals surface area contributed by atoms with Crippen molar-refractivity contribution in [3.05, 3.63) is 17.6 Å². The predicted octanol–water partition coefficient (Wildman–Crippen LogP) is 1.61. The number of furan rings is 1. The van der Waals surface area contributed by atoms with Crippen LogP contribution in [0.1, 0.15) is 11.5 Å². The molecule has 0 aromatic carbocycles. The van der Waals surface area contributed by atoms with Gasteiger partial charge in [0.1, 0.15) is 16.4 Å². The first-order valence-electron chi connectivity index (χ1n) is 6.10. The molecule has 0 saturated carbocycles. The summed E-state index contributed by atoms with van der Waals surface area (Å²) in [7, 11) is -0.597. The van der Waals surface area contributed by atoms with Crippen LogP contribution in [-0.2, 0) is 25.4 Å². The summed E-state index contributed by atoms with van der Waals surface area (Å²) >= 11 is 5.67. The van der Waals surface area contributed by atoms with E-state index < -0.39 is 10.0 Å². The number of aryl methyl sites for hydroxylation is 1. The monoisotopic (exact) mass is 325 g/mol. The second-order valence-corrected chi connectivity index (χ2v) is 6.33. The van der Waals surface area contributed by atoms with E-state index in [1.807, 2.05) is 0 Å². The number of sulfonamides is 1. The Balaban J connectivity index is 3.03. The van der Waals surface area contributed by atoms with Crippen LogP contribution in [0.3, 0.4) is 0 Å². The number of nitrogens with zero attached hydrogens (tertiary/aromatic N) is 1. The molecule has 1 aromatic heterocycles. The van der Waals surface area contributed by atoms with Gasteiger partial charge in [0.15, 0.2) is 0 Å². The summed E-state index contributed by atoms with van der Waals surface area (Å²) in [6.07, 6.45) is 0. The van der Waals surface area contributed by atoms with Gasteiger partial charge < -0.3 is 13.9 Å². The number of alkyl halides is 1. The van der Waals surface area contributed by atoms with Crippen molar-refractivity contribution in [2.24, 2.45) is 0 Å². The van der Waals surface area contributed by atoms with Gasteiger partial charge in [0, 0.05) is 33.4 Å². The molecule has 0 aliphatic rings. The summed E-state index contributed by atoms with van der Waals surface area (Å²) in [6, 6.07) is 1.46. The Morgan fingerprint density at radius 2 is 1.80 bits per heavy atom. The Kier molecular flexibility index (Phi) is 6.97. The fraction of sp³-hybridized carbons (Fsp3) is 0.667. The van der Waals surface area contributed by atoms with E-state index in [-0.39, 0.29) is 23.9 Å². The molecule has 116 valence electrons. The second-order valence-electron chi connectivity index (χ2n) is 4.16. The zero-order chi connectivity index (χ0) is 15.2. The van der Waals surface area contributed by atoms with E-state index in [0.29, 0.717) is 24.7 Å². The van der Waals surface area contributed by atoms with E-state index in [4.69, 9.17) is 25.5 Å². The van der Waals surface area contributed by atoms with Gasteiger partial charge in [-0.05, 0) is 6.92 Å². The van der Waals surface area contributed by atoms with Crippen LogP contribution in [0.4, 0.5) is 0 Å². The molecule has 20 heavy (non-hydrogen) atoms. The SMILES string of the molecule is COCCN(CCOC)S(=O)(=O)c1cc(CCl)oc1C. The molecule has 8 heteroatoms. The zero-order valence-corrected chi connectivity index (χ0v) is 13.5. The van der Waals surface area contributed by atoms with Gasteiger partial charge in [0.2, 0.25) is 10.0 Å². The first-order chi connectivity index (χ1) is 9.47. The van der Waals surface area contributed by atoms with Crippen LogP contribution in [0.15, 0.2) is 15.4 Å². The third kappa shape index (κ3) is 4.20. The Morgan fingerprint density at radius 1 is 1.25 bits per heavy atom. The van der Waals surface area contributed by atoms with Gasteiger partial charge in [0.05, 0.1) is 19.1 Å². The minimum absolute atomic E-state index is 0.131. The molecular weight excluding hydrogens is 306 g/mol. The van der Waals surface area contributed by atoms with Crippen LogP contribution >= 0.6 is 11.6 Å². The molecule has 0 atom stereocenters. The number of hydrogen-bond donors (Lipinski definition) is 0. The van der Waals surface area contributed by atoms with E-state index in [1.165, 1.54) is 24.6 Å². The Bertz CT molecular complexity index is 506. The molecule has 0 fully saturated rings. The van der Waals surface area contributed by atoms with Crippen molar-refractivity contribution >= 4 is 21.6 Å². The summed E-state index contributed by atoms with van der Waals surface area (Å²) < 4.78 is 41.7. The van der Waals surface area contributed by atoms with E-state index in [1.54, 1.807) is 6.92 Å². The number of rotatable bonds is 9. The summed E-state index contributed by atoms with van der Waals surface area (Å²) in [5.41, 5.74) is 0. The molecule has 0 bridgehead atoms. The lowest BCUT2D eigenvalue weighted by Gasteiger charge is -2.21. The average molecular weight is 326 g/mol. The molecule has 0 radical (unpaired) electrons. The summed E-state index contributed by atoms with van der Waals surface area (Å²) in [5.74, 6) is 0.897. The molecule has 0 aliphatic heterocycles. The van der Waals surface area contributed by atoms with Crippen molar-refractivity contribution in [1.29, 1.82) is 0 Å². The zero-order valence-electron chi connectivity index (χ0n) is 11.9. The first kappa shape index (κ1) is 17.5. The predicted molar refractivity (Wildman–Crippen MR) is 75.5 cm³/mol. The Labute approximate surface area is 124 Å². The summed E-state index contributed by atoms with van der Waals surface area (Å²) in [4.78, 5) is 0.139. The lowest BCUT2D eigenvalue weighted by Crippen LogP contribution is -2.36. The van der Waals surface area contributed by atoms with Gasteiger partial charge in [-0.3, -0.25) is 0 Å². The highest BCUT2D eigenvalue weighted by Gasteiger charge is 2.28. The largest absolute Gasteiger partial charge is 0.464 e. The van der Waals surface area contributed by atoms with Gasteiger partial charge in [-0.25, -0.2) is 8.42 Å². The van der Waals surface area contributed by atoms with Gasteiger partial charge >= 0.3 is 0 Å². The first-order valence-corrected chi connectivity index (χ1v) is 8.08. The maximum absolute atomic E-state index is 12.6. The molecule has 1 heterocycles. The van der Waals surface area contributed by atoms with Crippen molar-refractivity contribution < 1.29 is 22.3 Å². The highest BCUT2D eigenvalue weighted by Crippen LogP contribution is 2.24.